The highest BCUT2D eigenvalue weighted by Crippen LogP contribution is 2.12. The molecule has 0 aliphatic rings. The van der Waals surface area contributed by atoms with Crippen LogP contribution in [0.25, 0.3) is 0 Å². The number of carbonyl (C=O) groups excluding carboxylic acids is 1. The van der Waals surface area contributed by atoms with Crippen LogP contribution in [0.1, 0.15) is 16.1 Å². The normalized spacial score (nSPS) is 10.2. The summed E-state index contributed by atoms with van der Waals surface area (Å²) in [7, 11) is 1.81. The van der Waals surface area contributed by atoms with Crippen molar-refractivity contribution in [3.63, 3.8) is 0 Å². The van der Waals surface area contributed by atoms with Gasteiger partial charge in [-0.1, -0.05) is 0 Å². The van der Waals surface area contributed by atoms with Crippen LogP contribution in [0.5, 0.6) is 0 Å². The molecule has 0 spiro atoms. The number of aromatic nitrogens is 3. The van der Waals surface area contributed by atoms with Crippen LogP contribution in [0.4, 0.5) is 11.5 Å². The van der Waals surface area contributed by atoms with E-state index in [2.05, 4.69) is 15.4 Å². The molecule has 6 heteroatoms. The summed E-state index contributed by atoms with van der Waals surface area (Å²) in [6.45, 7) is 1.90. The summed E-state index contributed by atoms with van der Waals surface area (Å²) in [6, 6.07) is 3.36. The van der Waals surface area contributed by atoms with Crippen LogP contribution in [-0.4, -0.2) is 20.7 Å². The molecule has 17 heavy (non-hydrogen) atoms. The molecule has 0 aliphatic carbocycles. The van der Waals surface area contributed by atoms with E-state index in [9.17, 15) is 4.79 Å². The number of nitrogens with one attached hydrogen (secondary N) is 1. The predicted octanol–water partition coefficient (Wildman–Crippen LogP) is 0.958. The molecule has 0 radical (unpaired) electrons. The summed E-state index contributed by atoms with van der Waals surface area (Å²) < 4.78 is 1.68. The number of nitrogens with zero attached hydrogens (tertiary/aromatic N) is 3. The molecule has 0 unspecified atom stereocenters. The van der Waals surface area contributed by atoms with Crippen LogP contribution in [0.2, 0.25) is 0 Å². The molecule has 2 rings (SSSR count). The van der Waals surface area contributed by atoms with Crippen molar-refractivity contribution in [1.82, 2.24) is 14.8 Å². The Balaban J connectivity index is 2.20. The molecule has 88 valence electrons. The lowest BCUT2D eigenvalue weighted by Crippen LogP contribution is -2.14. The SMILES string of the molecule is Cc1cc(NC(=O)c2cnccc2N)nn1C. The average Bonchev–Trinajstić information content (AvgIpc) is 2.58. The summed E-state index contributed by atoms with van der Waals surface area (Å²) in [4.78, 5) is 15.7. The zero-order valence-corrected chi connectivity index (χ0v) is 9.64. The van der Waals surface area contributed by atoms with Gasteiger partial charge in [0.1, 0.15) is 0 Å². The van der Waals surface area contributed by atoms with Gasteiger partial charge in [0.2, 0.25) is 0 Å². The Morgan fingerprint density at radius 1 is 1.53 bits per heavy atom. The van der Waals surface area contributed by atoms with E-state index in [1.54, 1.807) is 16.8 Å². The second kappa shape index (κ2) is 4.25. The Hall–Kier alpha value is -2.37. The fourth-order valence-corrected chi connectivity index (χ4v) is 1.40. The van der Waals surface area contributed by atoms with Crippen molar-refractivity contribution in [3.8, 4) is 0 Å². The van der Waals surface area contributed by atoms with Crippen molar-refractivity contribution in [3.05, 3.63) is 35.8 Å². The lowest BCUT2D eigenvalue weighted by atomic mass is 10.2. The van der Waals surface area contributed by atoms with E-state index in [1.807, 2.05) is 14.0 Å². The molecule has 0 aliphatic heterocycles. The van der Waals surface area contributed by atoms with Crippen LogP contribution in [0.3, 0.4) is 0 Å². The number of aryl methyl sites for hydroxylation is 2. The largest absolute Gasteiger partial charge is 0.398 e. The van der Waals surface area contributed by atoms with Crippen molar-refractivity contribution in [2.75, 3.05) is 11.1 Å². The maximum Gasteiger partial charge on any atom is 0.260 e. The maximum atomic E-state index is 11.9. The van der Waals surface area contributed by atoms with E-state index in [0.717, 1.165) is 5.69 Å². The first kappa shape index (κ1) is 11.1. The zero-order chi connectivity index (χ0) is 12.4. The monoisotopic (exact) mass is 231 g/mol. The second-order valence-corrected chi connectivity index (χ2v) is 3.71. The van der Waals surface area contributed by atoms with Gasteiger partial charge in [-0.3, -0.25) is 14.5 Å². The highest BCUT2D eigenvalue weighted by atomic mass is 16.1. The minimum Gasteiger partial charge on any atom is -0.398 e. The van der Waals surface area contributed by atoms with E-state index in [4.69, 9.17) is 5.73 Å². The van der Waals surface area contributed by atoms with Crippen LogP contribution in [0.15, 0.2) is 24.5 Å². The topological polar surface area (TPSA) is 85.8 Å². The molecule has 2 heterocycles. The number of pyridine rings is 1. The Morgan fingerprint density at radius 2 is 2.29 bits per heavy atom. The molecule has 1 amide bonds. The number of carbonyl (C=O) groups is 1. The summed E-state index contributed by atoms with van der Waals surface area (Å²) in [5.74, 6) is 0.187. The number of hydrogen-bond acceptors (Lipinski definition) is 4. The van der Waals surface area contributed by atoms with Crippen molar-refractivity contribution in [2.45, 2.75) is 6.92 Å². The van der Waals surface area contributed by atoms with Crippen LogP contribution in [0, 0.1) is 6.92 Å². The Kier molecular flexibility index (Phi) is 2.78. The Labute approximate surface area is 98.5 Å². The van der Waals surface area contributed by atoms with Crippen molar-refractivity contribution < 1.29 is 4.79 Å². The number of rotatable bonds is 2. The van der Waals surface area contributed by atoms with Gasteiger partial charge in [0.15, 0.2) is 5.82 Å². The van der Waals surface area contributed by atoms with Crippen LogP contribution in [-0.2, 0) is 7.05 Å². The Morgan fingerprint density at radius 3 is 2.88 bits per heavy atom. The molecule has 0 saturated heterocycles. The molecule has 3 N–H and O–H groups in total. The van der Waals surface area contributed by atoms with Gasteiger partial charge >= 0.3 is 0 Å². The first-order valence-corrected chi connectivity index (χ1v) is 5.09. The third-order valence-corrected chi connectivity index (χ3v) is 2.45. The van der Waals surface area contributed by atoms with Crippen molar-refractivity contribution >= 4 is 17.4 Å². The minimum atomic E-state index is -0.311. The average molecular weight is 231 g/mol. The number of amides is 1. The summed E-state index contributed by atoms with van der Waals surface area (Å²) in [5, 5.41) is 6.80. The van der Waals surface area contributed by atoms with Crippen LogP contribution >= 0.6 is 0 Å². The lowest BCUT2D eigenvalue weighted by molar-refractivity contribution is 0.102. The molecule has 0 bridgehead atoms. The summed E-state index contributed by atoms with van der Waals surface area (Å²) in [5.41, 5.74) is 7.38. The molecule has 2 aromatic heterocycles. The third kappa shape index (κ3) is 2.25. The molecule has 0 atom stereocenters. The summed E-state index contributed by atoms with van der Waals surface area (Å²) in [6.07, 6.45) is 2.97. The fourth-order valence-electron chi connectivity index (χ4n) is 1.40. The minimum absolute atomic E-state index is 0.311. The third-order valence-electron chi connectivity index (χ3n) is 2.45. The van der Waals surface area contributed by atoms with E-state index in [-0.39, 0.29) is 5.91 Å². The lowest BCUT2D eigenvalue weighted by Gasteiger charge is -2.03. The zero-order valence-electron chi connectivity index (χ0n) is 9.64. The highest BCUT2D eigenvalue weighted by molar-refractivity contribution is 6.07. The van der Waals surface area contributed by atoms with E-state index in [0.29, 0.717) is 17.1 Å². The number of nitrogen functional groups attached to an aromatic ring is 1. The van der Waals surface area contributed by atoms with Gasteiger partial charge in [0.25, 0.3) is 5.91 Å². The van der Waals surface area contributed by atoms with Gasteiger partial charge in [-0.25, -0.2) is 0 Å². The van der Waals surface area contributed by atoms with Gasteiger partial charge in [-0.15, -0.1) is 0 Å². The van der Waals surface area contributed by atoms with Crippen molar-refractivity contribution in [1.29, 1.82) is 0 Å². The summed E-state index contributed by atoms with van der Waals surface area (Å²) >= 11 is 0. The maximum absolute atomic E-state index is 11.9. The fraction of sp³-hybridized carbons (Fsp3) is 0.182. The standard InChI is InChI=1S/C11H13N5O/c1-7-5-10(15-16(7)2)14-11(17)8-6-13-4-3-9(8)12/h3-6H,1-2H3,(H2,12,13)(H,14,15,17). The molecule has 0 fully saturated rings. The van der Waals surface area contributed by atoms with E-state index < -0.39 is 0 Å². The molecular weight excluding hydrogens is 218 g/mol. The van der Waals surface area contributed by atoms with E-state index >= 15 is 0 Å². The molecular formula is C11H13N5O. The van der Waals surface area contributed by atoms with Gasteiger partial charge in [-0.2, -0.15) is 5.10 Å². The molecule has 2 aromatic rings. The van der Waals surface area contributed by atoms with Gasteiger partial charge in [0, 0.05) is 36.9 Å². The first-order chi connectivity index (χ1) is 8.08. The second-order valence-electron chi connectivity index (χ2n) is 3.71. The predicted molar refractivity (Wildman–Crippen MR) is 64.5 cm³/mol. The van der Waals surface area contributed by atoms with Gasteiger partial charge < -0.3 is 11.1 Å². The van der Waals surface area contributed by atoms with E-state index in [1.165, 1.54) is 12.4 Å². The number of hydrogen-bond donors (Lipinski definition) is 2. The Bertz CT molecular complexity index is 541. The van der Waals surface area contributed by atoms with Gasteiger partial charge in [-0.05, 0) is 13.0 Å². The van der Waals surface area contributed by atoms with Gasteiger partial charge in [0.05, 0.1) is 5.56 Å². The quantitative estimate of drug-likeness (QED) is 0.806. The molecule has 0 saturated carbocycles. The number of nitrogens with two attached hydrogens (primary N) is 1. The smallest absolute Gasteiger partial charge is 0.260 e. The van der Waals surface area contributed by atoms with Crippen molar-refractivity contribution in [2.24, 2.45) is 7.05 Å². The first-order valence-electron chi connectivity index (χ1n) is 5.09. The highest BCUT2D eigenvalue weighted by Gasteiger charge is 2.11. The molecule has 0 aromatic carbocycles. The van der Waals surface area contributed by atoms with Crippen LogP contribution < -0.4 is 11.1 Å². The number of anilines is 2. The molecule has 6 nitrogen and oxygen atoms in total.